The molecule has 2 aromatic carbocycles. The summed E-state index contributed by atoms with van der Waals surface area (Å²) < 4.78 is 6.81. The van der Waals surface area contributed by atoms with Crippen molar-refractivity contribution in [2.45, 2.75) is 32.1 Å². The SMILES string of the molecule is COc1ccc(Cl)cc1NC(=O)C[N+]1=C2SC3=C(CCCC3)C2C(=O)N(CCc2ccccc2)C1=O. The van der Waals surface area contributed by atoms with Crippen molar-refractivity contribution in [1.29, 1.82) is 0 Å². The molecule has 0 bridgehead atoms. The maximum absolute atomic E-state index is 13.6. The van der Waals surface area contributed by atoms with Gasteiger partial charge in [0.25, 0.3) is 5.91 Å². The quantitative estimate of drug-likeness (QED) is 0.510. The van der Waals surface area contributed by atoms with Crippen LogP contribution in [-0.4, -0.2) is 52.6 Å². The molecule has 0 aromatic heterocycles. The highest BCUT2D eigenvalue weighted by molar-refractivity contribution is 8.17. The minimum absolute atomic E-state index is 0.182. The number of carbonyl (C=O) groups is 3. The summed E-state index contributed by atoms with van der Waals surface area (Å²) in [5.74, 6) is -0.584. The third kappa shape index (κ3) is 4.80. The fourth-order valence-corrected chi connectivity index (χ4v) is 6.60. The molecule has 186 valence electrons. The number of ether oxygens (including phenoxy) is 1. The van der Waals surface area contributed by atoms with Crippen LogP contribution in [0.3, 0.4) is 0 Å². The van der Waals surface area contributed by atoms with Crippen LogP contribution >= 0.6 is 23.4 Å². The molecule has 2 heterocycles. The monoisotopic (exact) mass is 524 g/mol. The lowest BCUT2D eigenvalue weighted by atomic mass is 9.88. The number of hydrogen-bond acceptors (Lipinski definition) is 5. The maximum atomic E-state index is 13.6. The second-order valence-corrected chi connectivity index (χ2v) is 10.6. The van der Waals surface area contributed by atoms with Gasteiger partial charge in [-0.25, -0.2) is 4.79 Å². The van der Waals surface area contributed by atoms with E-state index in [1.54, 1.807) is 18.2 Å². The highest BCUT2D eigenvalue weighted by Crippen LogP contribution is 2.47. The molecule has 0 saturated heterocycles. The zero-order chi connectivity index (χ0) is 25.2. The lowest BCUT2D eigenvalue weighted by Gasteiger charge is -2.26. The van der Waals surface area contributed by atoms with E-state index in [-0.39, 0.29) is 19.0 Å². The first kappa shape index (κ1) is 24.6. The molecule has 3 aliphatic rings. The first-order valence-corrected chi connectivity index (χ1v) is 13.2. The van der Waals surface area contributed by atoms with Crippen LogP contribution in [0.25, 0.3) is 0 Å². The highest BCUT2D eigenvalue weighted by atomic mass is 35.5. The zero-order valence-corrected chi connectivity index (χ0v) is 21.5. The van der Waals surface area contributed by atoms with E-state index in [9.17, 15) is 14.4 Å². The maximum Gasteiger partial charge on any atom is 0.501 e. The molecule has 0 saturated carbocycles. The molecule has 0 spiro atoms. The molecule has 2 aromatic rings. The summed E-state index contributed by atoms with van der Waals surface area (Å²) >= 11 is 7.60. The smallest absolute Gasteiger partial charge is 0.495 e. The van der Waals surface area contributed by atoms with Crippen LogP contribution in [0.15, 0.2) is 59.0 Å². The van der Waals surface area contributed by atoms with Crippen molar-refractivity contribution in [3.63, 3.8) is 0 Å². The van der Waals surface area contributed by atoms with Crippen molar-refractivity contribution in [2.24, 2.45) is 5.92 Å². The number of allylic oxidation sites excluding steroid dienone is 1. The summed E-state index contributed by atoms with van der Waals surface area (Å²) in [5, 5.41) is 3.92. The summed E-state index contributed by atoms with van der Waals surface area (Å²) in [6.07, 6.45) is 4.41. The number of urea groups is 1. The average molecular weight is 525 g/mol. The second-order valence-electron chi connectivity index (χ2n) is 9.02. The van der Waals surface area contributed by atoms with Gasteiger partial charge in [0.15, 0.2) is 17.5 Å². The van der Waals surface area contributed by atoms with E-state index >= 15 is 0 Å². The number of rotatable bonds is 7. The van der Waals surface area contributed by atoms with Gasteiger partial charge in [0, 0.05) is 11.4 Å². The van der Waals surface area contributed by atoms with Gasteiger partial charge in [0.05, 0.1) is 12.8 Å². The van der Waals surface area contributed by atoms with Crippen LogP contribution in [0.2, 0.25) is 5.02 Å². The van der Waals surface area contributed by atoms with Crippen molar-refractivity contribution in [2.75, 3.05) is 25.5 Å². The molecule has 0 fully saturated rings. The average Bonchev–Trinajstić information content (AvgIpc) is 3.27. The number of halogens is 1. The van der Waals surface area contributed by atoms with Crippen molar-refractivity contribution >= 4 is 51.9 Å². The van der Waals surface area contributed by atoms with E-state index in [4.69, 9.17) is 16.3 Å². The Morgan fingerprint density at radius 1 is 1.17 bits per heavy atom. The fraction of sp³-hybridized carbons (Fsp3) is 0.333. The number of hydrogen-bond donors (Lipinski definition) is 1. The molecule has 7 nitrogen and oxygen atoms in total. The standard InChI is InChI=1S/C27H26ClN3O4S/c1-35-21-12-11-18(28)15-20(21)29-23(32)16-31-26-24(19-9-5-6-10-22(19)36-26)25(33)30(27(31)34)14-13-17-7-3-2-4-8-17/h2-4,7-8,11-12,15,24H,5-6,9-10,13-14,16H2,1H3/p+1. The number of amides is 4. The first-order valence-electron chi connectivity index (χ1n) is 12.0. The Morgan fingerprint density at radius 3 is 2.72 bits per heavy atom. The molecule has 5 rings (SSSR count). The van der Waals surface area contributed by atoms with Gasteiger partial charge in [0.1, 0.15) is 12.3 Å². The van der Waals surface area contributed by atoms with Crippen LogP contribution in [0.5, 0.6) is 5.75 Å². The van der Waals surface area contributed by atoms with Gasteiger partial charge < -0.3 is 10.1 Å². The van der Waals surface area contributed by atoms with Gasteiger partial charge in [-0.3, -0.25) is 4.79 Å². The minimum Gasteiger partial charge on any atom is -0.495 e. The molecule has 0 radical (unpaired) electrons. The summed E-state index contributed by atoms with van der Waals surface area (Å²) in [4.78, 5) is 42.9. The van der Waals surface area contributed by atoms with Gasteiger partial charge in [-0.1, -0.05) is 53.7 Å². The van der Waals surface area contributed by atoms with Gasteiger partial charge >= 0.3 is 11.9 Å². The Labute approximate surface area is 219 Å². The third-order valence-corrected chi connectivity index (χ3v) is 8.34. The molecule has 1 atom stereocenters. The number of anilines is 1. The van der Waals surface area contributed by atoms with Crippen molar-refractivity contribution in [3.8, 4) is 5.75 Å². The number of fused-ring (bicyclic) bond motifs is 2. The zero-order valence-electron chi connectivity index (χ0n) is 20.0. The summed E-state index contributed by atoms with van der Waals surface area (Å²) in [6.45, 7) is 0.0575. The molecule has 1 N–H and O–H groups in total. The Balaban J connectivity index is 1.43. The van der Waals surface area contributed by atoms with Crippen LogP contribution in [0.1, 0.15) is 31.2 Å². The third-order valence-electron chi connectivity index (χ3n) is 6.73. The van der Waals surface area contributed by atoms with Gasteiger partial charge in [-0.15, -0.1) is 0 Å². The molecule has 1 unspecified atom stereocenters. The van der Waals surface area contributed by atoms with Crippen LogP contribution in [0.4, 0.5) is 10.5 Å². The molecule has 2 aliphatic heterocycles. The molecule has 36 heavy (non-hydrogen) atoms. The lowest BCUT2D eigenvalue weighted by Crippen LogP contribution is -2.55. The van der Waals surface area contributed by atoms with Crippen LogP contribution in [0, 0.1) is 5.92 Å². The predicted octanol–water partition coefficient (Wildman–Crippen LogP) is 5.09. The molecule has 9 heteroatoms. The summed E-state index contributed by atoms with van der Waals surface area (Å²) in [5.41, 5.74) is 2.59. The van der Waals surface area contributed by atoms with E-state index in [0.717, 1.165) is 36.8 Å². The Kier molecular flexibility index (Phi) is 7.16. The van der Waals surface area contributed by atoms with E-state index in [1.807, 2.05) is 30.3 Å². The topological polar surface area (TPSA) is 78.7 Å². The van der Waals surface area contributed by atoms with Gasteiger partial charge in [-0.2, -0.15) is 14.3 Å². The van der Waals surface area contributed by atoms with E-state index in [2.05, 4.69) is 5.32 Å². The Bertz CT molecular complexity index is 1290. The number of nitrogens with one attached hydrogen (secondary N) is 1. The van der Waals surface area contributed by atoms with Gasteiger partial charge in [-0.05, 0) is 59.9 Å². The second kappa shape index (κ2) is 10.5. The molecular formula is C27H27ClN3O4S+. The number of nitrogens with zero attached hydrogens (tertiary/aromatic N) is 2. The molecule has 4 amide bonds. The lowest BCUT2D eigenvalue weighted by molar-refractivity contribution is -0.425. The van der Waals surface area contributed by atoms with E-state index in [1.165, 1.54) is 33.3 Å². The summed E-state index contributed by atoms with van der Waals surface area (Å²) in [7, 11) is 1.51. The summed E-state index contributed by atoms with van der Waals surface area (Å²) in [6, 6.07) is 14.3. The number of thioether (sulfide) groups is 1. The Hall–Kier alpha value is -3.10. The van der Waals surface area contributed by atoms with Crippen molar-refractivity contribution in [3.05, 3.63) is 69.6 Å². The molecular weight excluding hydrogens is 498 g/mol. The largest absolute Gasteiger partial charge is 0.501 e. The number of imide groups is 1. The van der Waals surface area contributed by atoms with Crippen LogP contribution < -0.4 is 10.1 Å². The Morgan fingerprint density at radius 2 is 1.94 bits per heavy atom. The fourth-order valence-electron chi connectivity index (χ4n) is 4.96. The normalized spacial score (nSPS) is 19.4. The van der Waals surface area contributed by atoms with Crippen LogP contribution in [-0.2, 0) is 16.0 Å². The number of methoxy groups -OCH3 is 1. The van der Waals surface area contributed by atoms with Crippen molar-refractivity contribution < 1.29 is 23.7 Å². The van der Waals surface area contributed by atoms with E-state index < -0.39 is 17.9 Å². The van der Waals surface area contributed by atoms with E-state index in [0.29, 0.717) is 27.9 Å². The van der Waals surface area contributed by atoms with Crippen molar-refractivity contribution in [1.82, 2.24) is 4.90 Å². The number of carbonyl (C=O) groups excluding carboxylic acids is 3. The number of benzene rings is 2. The highest BCUT2D eigenvalue weighted by Gasteiger charge is 2.53. The minimum atomic E-state index is -0.479. The first-order chi connectivity index (χ1) is 17.5. The van der Waals surface area contributed by atoms with Gasteiger partial charge in [0.2, 0.25) is 0 Å². The predicted molar refractivity (Wildman–Crippen MR) is 141 cm³/mol. The molecule has 1 aliphatic carbocycles.